The highest BCUT2D eigenvalue weighted by Gasteiger charge is 2.24. The van der Waals surface area contributed by atoms with Gasteiger partial charge in [-0.2, -0.15) is 0 Å². The minimum absolute atomic E-state index is 0.353. The molecule has 0 aliphatic carbocycles. The Balaban J connectivity index is 1.28. The van der Waals surface area contributed by atoms with Gasteiger partial charge in [-0.25, -0.2) is 0 Å². The Kier molecular flexibility index (Phi) is 6.91. The molecule has 2 N–H and O–H groups in total. The van der Waals surface area contributed by atoms with Crippen molar-refractivity contribution >= 4 is 5.96 Å². The standard InChI is InChI=1S/C22H33N7O2/c1-23-22(24-13-21-27-26-20-6-4-5-8-29(20)21)25-17-7-9-28(15-17)14-16-10-18(30-2)12-19(11-16)31-3/h10-12,17H,4-9,13-15H2,1-3H3,(H2,23,24,25). The van der Waals surface area contributed by atoms with Crippen molar-refractivity contribution < 1.29 is 9.47 Å². The van der Waals surface area contributed by atoms with Gasteiger partial charge in [0.05, 0.1) is 20.8 Å². The Morgan fingerprint density at radius 3 is 2.68 bits per heavy atom. The zero-order chi connectivity index (χ0) is 21.6. The van der Waals surface area contributed by atoms with E-state index in [9.17, 15) is 0 Å². The normalized spacial score (nSPS) is 19.2. The topological polar surface area (TPSA) is 88.8 Å². The van der Waals surface area contributed by atoms with Gasteiger partial charge in [-0.3, -0.25) is 9.89 Å². The molecule has 2 aromatic rings. The van der Waals surface area contributed by atoms with E-state index in [0.717, 1.165) is 68.1 Å². The van der Waals surface area contributed by atoms with Gasteiger partial charge in [-0.15, -0.1) is 10.2 Å². The van der Waals surface area contributed by atoms with Gasteiger partial charge in [0.1, 0.15) is 17.3 Å². The molecular weight excluding hydrogens is 394 g/mol. The smallest absolute Gasteiger partial charge is 0.191 e. The van der Waals surface area contributed by atoms with Gasteiger partial charge in [0, 0.05) is 51.8 Å². The fourth-order valence-electron chi connectivity index (χ4n) is 4.36. The van der Waals surface area contributed by atoms with Gasteiger partial charge >= 0.3 is 0 Å². The van der Waals surface area contributed by atoms with Crippen molar-refractivity contribution in [2.45, 2.75) is 51.4 Å². The average molecular weight is 428 g/mol. The van der Waals surface area contributed by atoms with E-state index in [4.69, 9.17) is 9.47 Å². The van der Waals surface area contributed by atoms with Crippen molar-refractivity contribution in [1.82, 2.24) is 30.3 Å². The minimum Gasteiger partial charge on any atom is -0.497 e. The number of likely N-dealkylation sites (tertiary alicyclic amines) is 1. The van der Waals surface area contributed by atoms with Crippen LogP contribution in [0.4, 0.5) is 0 Å². The molecule has 1 aromatic carbocycles. The van der Waals surface area contributed by atoms with Crippen LogP contribution in [0, 0.1) is 0 Å². The number of hydrogen-bond donors (Lipinski definition) is 2. The maximum absolute atomic E-state index is 5.40. The minimum atomic E-state index is 0.353. The SMILES string of the molecule is CN=C(NCc1nnc2n1CCCC2)NC1CCN(Cc2cc(OC)cc(OC)c2)C1. The summed E-state index contributed by atoms with van der Waals surface area (Å²) in [5.41, 5.74) is 1.19. The van der Waals surface area contributed by atoms with E-state index in [1.165, 1.54) is 18.4 Å². The summed E-state index contributed by atoms with van der Waals surface area (Å²) >= 11 is 0. The van der Waals surface area contributed by atoms with Gasteiger partial charge in [0.2, 0.25) is 0 Å². The van der Waals surface area contributed by atoms with Crippen molar-refractivity contribution in [3.63, 3.8) is 0 Å². The molecule has 31 heavy (non-hydrogen) atoms. The predicted octanol–water partition coefficient (Wildman–Crippen LogP) is 1.57. The molecule has 1 atom stereocenters. The molecule has 9 heteroatoms. The number of benzene rings is 1. The first-order valence-electron chi connectivity index (χ1n) is 11.0. The number of hydrogen-bond acceptors (Lipinski definition) is 6. The summed E-state index contributed by atoms with van der Waals surface area (Å²) in [5, 5.41) is 15.7. The Hall–Kier alpha value is -2.81. The fraction of sp³-hybridized carbons (Fsp3) is 0.591. The number of nitrogens with zero attached hydrogens (tertiary/aromatic N) is 5. The molecule has 1 fully saturated rings. The second-order valence-electron chi connectivity index (χ2n) is 8.15. The predicted molar refractivity (Wildman–Crippen MR) is 120 cm³/mol. The van der Waals surface area contributed by atoms with Crippen LogP contribution in [0.2, 0.25) is 0 Å². The summed E-state index contributed by atoms with van der Waals surface area (Å²) in [5.74, 6) is 4.54. The van der Waals surface area contributed by atoms with Crippen LogP contribution >= 0.6 is 0 Å². The maximum atomic E-state index is 5.40. The number of rotatable bonds is 7. The Bertz CT molecular complexity index is 889. The molecular formula is C22H33N7O2. The molecule has 9 nitrogen and oxygen atoms in total. The third-order valence-electron chi connectivity index (χ3n) is 6.00. The molecule has 2 aliphatic rings. The van der Waals surface area contributed by atoms with Crippen molar-refractivity contribution in [2.24, 2.45) is 4.99 Å². The highest BCUT2D eigenvalue weighted by molar-refractivity contribution is 5.79. The molecule has 0 saturated carbocycles. The van der Waals surface area contributed by atoms with E-state index in [-0.39, 0.29) is 0 Å². The number of ether oxygens (including phenoxy) is 2. The molecule has 0 radical (unpaired) electrons. The van der Waals surface area contributed by atoms with Gasteiger partial charge < -0.3 is 24.7 Å². The monoisotopic (exact) mass is 427 g/mol. The maximum Gasteiger partial charge on any atom is 0.191 e. The van der Waals surface area contributed by atoms with Gasteiger partial charge in [0.25, 0.3) is 0 Å². The van der Waals surface area contributed by atoms with Crippen LogP contribution in [0.5, 0.6) is 11.5 Å². The van der Waals surface area contributed by atoms with Gasteiger partial charge in [-0.1, -0.05) is 0 Å². The molecule has 1 aromatic heterocycles. The van der Waals surface area contributed by atoms with E-state index < -0.39 is 0 Å². The number of guanidine groups is 1. The molecule has 2 aliphatic heterocycles. The Morgan fingerprint density at radius 2 is 1.94 bits per heavy atom. The van der Waals surface area contributed by atoms with Crippen molar-refractivity contribution in [2.75, 3.05) is 34.4 Å². The lowest BCUT2D eigenvalue weighted by Crippen LogP contribution is -2.44. The molecule has 1 unspecified atom stereocenters. The van der Waals surface area contributed by atoms with Crippen LogP contribution in [0.3, 0.4) is 0 Å². The number of aryl methyl sites for hydroxylation is 1. The van der Waals surface area contributed by atoms with Gasteiger partial charge in [-0.05, 0) is 37.0 Å². The highest BCUT2D eigenvalue weighted by Crippen LogP contribution is 2.24. The molecule has 0 amide bonds. The molecule has 4 rings (SSSR count). The van der Waals surface area contributed by atoms with Crippen LogP contribution in [-0.2, 0) is 26.1 Å². The first-order valence-corrected chi connectivity index (χ1v) is 11.0. The average Bonchev–Trinajstić information content (AvgIpc) is 3.42. The lowest BCUT2D eigenvalue weighted by Gasteiger charge is -2.20. The summed E-state index contributed by atoms with van der Waals surface area (Å²) in [6.45, 7) is 4.50. The Labute approximate surface area is 183 Å². The van der Waals surface area contributed by atoms with E-state index in [1.54, 1.807) is 14.2 Å². The number of aromatic nitrogens is 3. The van der Waals surface area contributed by atoms with Crippen LogP contribution in [0.15, 0.2) is 23.2 Å². The molecule has 1 saturated heterocycles. The summed E-state index contributed by atoms with van der Waals surface area (Å²) in [4.78, 5) is 6.84. The van der Waals surface area contributed by atoms with E-state index in [1.807, 2.05) is 13.1 Å². The lowest BCUT2D eigenvalue weighted by atomic mass is 10.2. The number of fused-ring (bicyclic) bond motifs is 1. The third kappa shape index (κ3) is 5.28. The number of aliphatic imine (C=N–C) groups is 1. The number of methoxy groups -OCH3 is 2. The van der Waals surface area contributed by atoms with Crippen LogP contribution in [0.1, 0.15) is 36.5 Å². The van der Waals surface area contributed by atoms with Crippen molar-refractivity contribution in [3.8, 4) is 11.5 Å². The van der Waals surface area contributed by atoms with Crippen LogP contribution in [-0.4, -0.2) is 66.0 Å². The van der Waals surface area contributed by atoms with Crippen LogP contribution in [0.25, 0.3) is 0 Å². The summed E-state index contributed by atoms with van der Waals surface area (Å²) in [6, 6.07) is 6.40. The third-order valence-corrected chi connectivity index (χ3v) is 6.00. The molecule has 0 bridgehead atoms. The highest BCUT2D eigenvalue weighted by atomic mass is 16.5. The van der Waals surface area contributed by atoms with E-state index in [2.05, 4.69) is 47.4 Å². The largest absolute Gasteiger partial charge is 0.497 e. The zero-order valence-corrected chi connectivity index (χ0v) is 18.7. The second-order valence-corrected chi connectivity index (χ2v) is 8.15. The zero-order valence-electron chi connectivity index (χ0n) is 18.7. The van der Waals surface area contributed by atoms with E-state index >= 15 is 0 Å². The molecule has 0 spiro atoms. The first kappa shape index (κ1) is 21.4. The van der Waals surface area contributed by atoms with Gasteiger partial charge in [0.15, 0.2) is 11.8 Å². The summed E-state index contributed by atoms with van der Waals surface area (Å²) in [7, 11) is 5.18. The van der Waals surface area contributed by atoms with Crippen molar-refractivity contribution in [3.05, 3.63) is 35.4 Å². The molecule has 168 valence electrons. The molecule has 3 heterocycles. The second kappa shape index (κ2) is 10.00. The number of nitrogens with one attached hydrogen (secondary N) is 2. The fourth-order valence-corrected chi connectivity index (χ4v) is 4.36. The van der Waals surface area contributed by atoms with Crippen LogP contribution < -0.4 is 20.1 Å². The quantitative estimate of drug-likeness (QED) is 0.512. The van der Waals surface area contributed by atoms with E-state index in [0.29, 0.717) is 12.6 Å². The lowest BCUT2D eigenvalue weighted by molar-refractivity contribution is 0.321. The summed E-state index contributed by atoms with van der Waals surface area (Å²) in [6.07, 6.45) is 4.50. The first-order chi connectivity index (χ1) is 15.2. The van der Waals surface area contributed by atoms with Crippen molar-refractivity contribution in [1.29, 1.82) is 0 Å². The Morgan fingerprint density at radius 1 is 1.13 bits per heavy atom. The summed E-state index contributed by atoms with van der Waals surface area (Å²) < 4.78 is 13.0.